The minimum atomic E-state index is -0.916. The Kier molecular flexibility index (Phi) is 9.20. The van der Waals surface area contributed by atoms with Crippen molar-refractivity contribution in [3.8, 4) is 17.0 Å². The number of likely N-dealkylation sites (tertiary alicyclic amines) is 1. The average molecular weight is 582 g/mol. The summed E-state index contributed by atoms with van der Waals surface area (Å²) < 4.78 is 16.9. The first-order valence-corrected chi connectivity index (χ1v) is 14.3. The Morgan fingerprint density at radius 2 is 1.63 bits per heavy atom. The number of hydrogen-bond donors (Lipinski definition) is 1. The predicted octanol–water partition coefficient (Wildman–Crippen LogP) is 5.37. The van der Waals surface area contributed by atoms with Crippen LogP contribution in [0.15, 0.2) is 91.0 Å². The van der Waals surface area contributed by atoms with E-state index in [0.29, 0.717) is 5.75 Å². The molecule has 0 saturated carbocycles. The Balaban J connectivity index is 1.35. The van der Waals surface area contributed by atoms with E-state index in [0.717, 1.165) is 27.7 Å². The van der Waals surface area contributed by atoms with Gasteiger partial charge in [0.25, 0.3) is 0 Å². The van der Waals surface area contributed by atoms with Crippen LogP contribution >= 0.6 is 0 Å². The quantitative estimate of drug-likeness (QED) is 0.265. The molecule has 0 spiro atoms. The molecule has 1 aromatic heterocycles. The van der Waals surface area contributed by atoms with Crippen LogP contribution in [0.5, 0.6) is 5.75 Å². The molecule has 0 bridgehead atoms. The SMILES string of the molecule is COC(=O)C1CC(Oc2cc(-c3ccccc3)nc3ccccc23)CN1C(=O)C(NC(=O)OCc1ccccc1)C(C)C. The number of benzene rings is 3. The highest BCUT2D eigenvalue weighted by molar-refractivity contribution is 5.91. The summed E-state index contributed by atoms with van der Waals surface area (Å²) in [4.78, 5) is 45.7. The number of ether oxygens (including phenoxy) is 3. The molecule has 2 amide bonds. The van der Waals surface area contributed by atoms with Crippen LogP contribution in [0.2, 0.25) is 0 Å². The number of aromatic nitrogens is 1. The van der Waals surface area contributed by atoms with E-state index in [4.69, 9.17) is 19.2 Å². The van der Waals surface area contributed by atoms with Gasteiger partial charge in [-0.25, -0.2) is 14.6 Å². The Labute approximate surface area is 250 Å². The molecule has 4 aromatic rings. The molecule has 9 nitrogen and oxygen atoms in total. The number of rotatable bonds is 9. The number of nitrogens with zero attached hydrogens (tertiary/aromatic N) is 2. The molecule has 43 heavy (non-hydrogen) atoms. The third-order valence-corrected chi connectivity index (χ3v) is 7.48. The van der Waals surface area contributed by atoms with Gasteiger partial charge in [0.1, 0.15) is 30.5 Å². The molecule has 0 aliphatic carbocycles. The number of alkyl carbamates (subject to hydrolysis) is 1. The van der Waals surface area contributed by atoms with Crippen molar-refractivity contribution in [2.45, 2.75) is 45.1 Å². The van der Waals surface area contributed by atoms with Crippen molar-refractivity contribution in [1.29, 1.82) is 0 Å². The minimum Gasteiger partial charge on any atom is -0.488 e. The summed E-state index contributed by atoms with van der Waals surface area (Å²) in [6.45, 7) is 3.86. The van der Waals surface area contributed by atoms with Crippen molar-refractivity contribution in [2.24, 2.45) is 5.92 Å². The Morgan fingerprint density at radius 3 is 2.33 bits per heavy atom. The van der Waals surface area contributed by atoms with E-state index in [9.17, 15) is 14.4 Å². The predicted molar refractivity (Wildman–Crippen MR) is 162 cm³/mol. The molecule has 3 aromatic carbocycles. The normalized spacial score (nSPS) is 17.0. The smallest absolute Gasteiger partial charge is 0.408 e. The zero-order valence-corrected chi connectivity index (χ0v) is 24.4. The highest BCUT2D eigenvalue weighted by Gasteiger charge is 2.44. The van der Waals surface area contributed by atoms with Crippen molar-refractivity contribution in [2.75, 3.05) is 13.7 Å². The van der Waals surface area contributed by atoms with E-state index in [1.165, 1.54) is 12.0 Å². The van der Waals surface area contributed by atoms with Crippen molar-refractivity contribution in [3.05, 3.63) is 96.6 Å². The number of para-hydroxylation sites is 1. The van der Waals surface area contributed by atoms with Crippen molar-refractivity contribution in [3.63, 3.8) is 0 Å². The van der Waals surface area contributed by atoms with E-state index >= 15 is 0 Å². The summed E-state index contributed by atoms with van der Waals surface area (Å²) in [7, 11) is 1.29. The van der Waals surface area contributed by atoms with Gasteiger partial charge in [0.15, 0.2) is 0 Å². The van der Waals surface area contributed by atoms with Gasteiger partial charge in [0, 0.05) is 23.4 Å². The molecular weight excluding hydrogens is 546 g/mol. The summed E-state index contributed by atoms with van der Waals surface area (Å²) in [5.74, 6) is -0.612. The van der Waals surface area contributed by atoms with Gasteiger partial charge in [0.2, 0.25) is 5.91 Å². The number of amides is 2. The molecule has 1 aliphatic heterocycles. The second kappa shape index (κ2) is 13.4. The number of fused-ring (bicyclic) bond motifs is 1. The van der Waals surface area contributed by atoms with Crippen molar-refractivity contribution < 1.29 is 28.6 Å². The van der Waals surface area contributed by atoms with E-state index < -0.39 is 36.2 Å². The first-order chi connectivity index (χ1) is 20.8. The summed E-state index contributed by atoms with van der Waals surface area (Å²) in [5.41, 5.74) is 3.29. The number of esters is 1. The fourth-order valence-electron chi connectivity index (χ4n) is 5.25. The molecule has 1 N–H and O–H groups in total. The first kappa shape index (κ1) is 29.6. The minimum absolute atomic E-state index is 0.0704. The topological polar surface area (TPSA) is 107 Å². The average Bonchev–Trinajstić information content (AvgIpc) is 3.46. The van der Waals surface area contributed by atoms with E-state index in [1.807, 2.05) is 105 Å². The maximum atomic E-state index is 13.9. The lowest BCUT2D eigenvalue weighted by Crippen LogP contribution is -2.54. The standard InChI is InChI=1S/C34H35N3O6/c1-22(2)31(36-34(40)42-21-23-12-6-4-7-13-23)32(38)37-20-25(18-29(37)33(39)41-3)43-30-19-28(24-14-8-5-9-15-24)35-27-17-11-10-16-26(27)30/h4-17,19,22,25,29,31H,18,20-21H2,1-3H3,(H,36,40). The molecule has 2 heterocycles. The Morgan fingerprint density at radius 1 is 0.953 bits per heavy atom. The fourth-order valence-corrected chi connectivity index (χ4v) is 5.25. The second-order valence-electron chi connectivity index (χ2n) is 10.8. The van der Waals surface area contributed by atoms with Gasteiger partial charge >= 0.3 is 12.1 Å². The molecular formula is C34H35N3O6. The number of carbonyl (C=O) groups is 3. The molecule has 1 aliphatic rings. The lowest BCUT2D eigenvalue weighted by atomic mass is 10.0. The van der Waals surface area contributed by atoms with Gasteiger partial charge in [-0.15, -0.1) is 0 Å². The van der Waals surface area contributed by atoms with Crippen molar-refractivity contribution in [1.82, 2.24) is 15.2 Å². The number of pyridine rings is 1. The van der Waals surface area contributed by atoms with E-state index in [-0.39, 0.29) is 25.5 Å². The van der Waals surface area contributed by atoms with Gasteiger partial charge in [-0.1, -0.05) is 86.6 Å². The number of methoxy groups -OCH3 is 1. The second-order valence-corrected chi connectivity index (χ2v) is 10.8. The van der Waals surface area contributed by atoms with Gasteiger partial charge in [-0.3, -0.25) is 4.79 Å². The maximum absolute atomic E-state index is 13.9. The number of hydrogen-bond acceptors (Lipinski definition) is 7. The summed E-state index contributed by atoms with van der Waals surface area (Å²) in [6.07, 6.45) is -0.978. The van der Waals surface area contributed by atoms with Gasteiger partial charge in [-0.2, -0.15) is 0 Å². The zero-order valence-electron chi connectivity index (χ0n) is 24.4. The lowest BCUT2D eigenvalue weighted by Gasteiger charge is -2.29. The molecule has 1 fully saturated rings. The molecule has 3 atom stereocenters. The maximum Gasteiger partial charge on any atom is 0.408 e. The summed E-state index contributed by atoms with van der Waals surface area (Å²) >= 11 is 0. The highest BCUT2D eigenvalue weighted by Crippen LogP contribution is 2.33. The van der Waals surface area contributed by atoms with Gasteiger partial charge in [-0.05, 0) is 23.6 Å². The molecule has 9 heteroatoms. The van der Waals surface area contributed by atoms with Gasteiger partial charge in [0.05, 0.1) is 24.9 Å². The first-order valence-electron chi connectivity index (χ1n) is 14.3. The highest BCUT2D eigenvalue weighted by atomic mass is 16.5. The van der Waals surface area contributed by atoms with Crippen LogP contribution in [0.25, 0.3) is 22.2 Å². The van der Waals surface area contributed by atoms with Crippen LogP contribution in [0.4, 0.5) is 4.79 Å². The third kappa shape index (κ3) is 6.94. The zero-order chi connectivity index (χ0) is 30.3. The van der Waals surface area contributed by atoms with Crippen LogP contribution in [0.3, 0.4) is 0 Å². The molecule has 0 radical (unpaired) electrons. The summed E-state index contributed by atoms with van der Waals surface area (Å²) in [6, 6.07) is 26.9. The lowest BCUT2D eigenvalue weighted by molar-refractivity contribution is -0.151. The monoisotopic (exact) mass is 581 g/mol. The largest absolute Gasteiger partial charge is 0.488 e. The van der Waals surface area contributed by atoms with Gasteiger partial charge < -0.3 is 24.4 Å². The van der Waals surface area contributed by atoms with Crippen LogP contribution in [-0.2, 0) is 25.7 Å². The fraction of sp³-hybridized carbons (Fsp3) is 0.294. The Hall–Kier alpha value is -4.92. The van der Waals surface area contributed by atoms with E-state index in [1.54, 1.807) is 0 Å². The number of nitrogens with one attached hydrogen (secondary N) is 1. The Bertz CT molecular complexity index is 1580. The molecule has 222 valence electrons. The van der Waals surface area contributed by atoms with Crippen LogP contribution < -0.4 is 10.1 Å². The van der Waals surface area contributed by atoms with Crippen LogP contribution in [0, 0.1) is 5.92 Å². The summed E-state index contributed by atoms with van der Waals surface area (Å²) in [5, 5.41) is 3.53. The van der Waals surface area contributed by atoms with Crippen molar-refractivity contribution >= 4 is 28.9 Å². The third-order valence-electron chi connectivity index (χ3n) is 7.48. The molecule has 1 saturated heterocycles. The van der Waals surface area contributed by atoms with E-state index in [2.05, 4.69) is 5.32 Å². The number of carbonyl (C=O) groups excluding carboxylic acids is 3. The van der Waals surface area contributed by atoms with Crippen LogP contribution in [0.1, 0.15) is 25.8 Å². The molecule has 5 rings (SSSR count). The molecule has 3 unspecified atom stereocenters. The van der Waals surface area contributed by atoms with Crippen LogP contribution in [-0.4, -0.2) is 59.7 Å².